The van der Waals surface area contributed by atoms with Crippen LogP contribution in [-0.2, 0) is 84.4 Å². The van der Waals surface area contributed by atoms with Gasteiger partial charge in [-0.15, -0.1) is 0 Å². The summed E-state index contributed by atoms with van der Waals surface area (Å²) in [6.45, 7) is 63.6. The van der Waals surface area contributed by atoms with Gasteiger partial charge in [-0.25, -0.2) is 20.0 Å². The van der Waals surface area contributed by atoms with Gasteiger partial charge in [0.05, 0.1) is 0 Å². The third-order valence-electron chi connectivity index (χ3n) is 22.8. The third-order valence-corrected chi connectivity index (χ3v) is 25.5. The summed E-state index contributed by atoms with van der Waals surface area (Å²) in [5.41, 5.74) is 10.9. The molecule has 548 valence electrons. The molecule has 103 heavy (non-hydrogen) atoms. The van der Waals surface area contributed by atoms with Gasteiger partial charge >= 0.3 is 0 Å². The van der Waals surface area contributed by atoms with E-state index in [0.717, 1.165) is 44.5 Å². The molecule has 0 radical (unpaired) electrons. The van der Waals surface area contributed by atoms with Gasteiger partial charge in [0.25, 0.3) is 0 Å². The fourth-order valence-corrected chi connectivity index (χ4v) is 20.3. The van der Waals surface area contributed by atoms with Crippen molar-refractivity contribution >= 4 is 7.51 Å². The number of hydrogen-bond acceptors (Lipinski definition) is 8. The Morgan fingerprint density at radius 3 is 0.544 bits per heavy atom. The van der Waals surface area contributed by atoms with Crippen LogP contribution in [0.4, 0.5) is 0 Å². The molecule has 8 aromatic rings. The smallest absolute Gasteiger partial charge is 0.164 e. The maximum absolute atomic E-state index is 8.17. The van der Waals surface area contributed by atoms with E-state index in [1.54, 1.807) is 0 Å². The highest BCUT2D eigenvalue weighted by Crippen LogP contribution is 2.67. The topological polar surface area (TPSA) is 85.4 Å². The van der Waals surface area contributed by atoms with E-state index in [0.29, 0.717) is 0 Å². The molecule has 0 aliphatic carbocycles. The van der Waals surface area contributed by atoms with Crippen LogP contribution in [0.3, 0.4) is 0 Å². The summed E-state index contributed by atoms with van der Waals surface area (Å²) in [6, 6.07) is 75.2. The van der Waals surface area contributed by atoms with E-state index in [1.165, 1.54) is 44.5 Å². The molecule has 3 saturated heterocycles. The number of nitrogens with one attached hydrogen (secondary N) is 3. The van der Waals surface area contributed by atoms with Crippen molar-refractivity contribution in [3.05, 3.63) is 283 Å². The molecule has 0 aromatic heterocycles. The normalized spacial score (nSPS) is 23.3. The molecule has 0 amide bonds. The van der Waals surface area contributed by atoms with E-state index in [9.17, 15) is 0 Å². The lowest BCUT2D eigenvalue weighted by atomic mass is 9.68. The van der Waals surface area contributed by atoms with Gasteiger partial charge < -0.3 is 18.9 Å². The van der Waals surface area contributed by atoms with E-state index < -0.39 is 65.7 Å². The van der Waals surface area contributed by atoms with Gasteiger partial charge in [0.1, 0.15) is 46.6 Å². The summed E-state index contributed by atoms with van der Waals surface area (Å²) in [4.78, 5) is 0. The second kappa shape index (κ2) is 25.4. The highest BCUT2D eigenvalue weighted by molar-refractivity contribution is 7.60. The van der Waals surface area contributed by atoms with Crippen LogP contribution in [0.25, 0.3) is 0 Å². The molecule has 9 heteroatoms. The van der Waals surface area contributed by atoms with E-state index in [4.69, 9.17) is 39.0 Å². The lowest BCUT2D eigenvalue weighted by Gasteiger charge is -2.48. The predicted octanol–water partition coefficient (Wildman–Crippen LogP) is 22.9. The van der Waals surface area contributed by atoms with E-state index in [1.807, 2.05) is 0 Å². The monoisotopic (exact) mass is 1400 g/mol. The molecule has 4 atom stereocenters. The summed E-state index contributed by atoms with van der Waals surface area (Å²) in [5, 5.41) is 14.9. The van der Waals surface area contributed by atoms with Crippen molar-refractivity contribution in [3.8, 4) is 0 Å². The van der Waals surface area contributed by atoms with Crippen LogP contribution in [0.5, 0.6) is 0 Å². The Kier molecular flexibility index (Phi) is 18.9. The first-order valence-electron chi connectivity index (χ1n) is 38.0. The fraction of sp³-hybridized carbons (Fsp3) is 0.489. The second-order valence-electron chi connectivity index (χ2n) is 39.8. The minimum atomic E-state index is -4.17. The number of ether oxygens (including phenoxy) is 4. The Morgan fingerprint density at radius 1 is 0.233 bits per heavy atom. The first kappa shape index (κ1) is 76.4. The summed E-state index contributed by atoms with van der Waals surface area (Å²) in [7, 11) is -4.17. The highest BCUT2D eigenvalue weighted by atomic mass is 31.2. The molecule has 0 saturated carbocycles. The highest BCUT2D eigenvalue weighted by Gasteiger charge is 2.71. The standard InChI is InChI=1S/C94H123N4O4P/c1-81(2,3)61-29-45-69(46-30-61)91(70-47-31-62(32-48-70)82(4,5)6)77-78(100-89(25,26)99-77)92(71-49-33-63(34-50-71)83(7,8)9,72-51-35-64(36-52-72)84(10,11)12)96-103(95-91)97-93(73-53-37-65(38-54-73)85(13,14)15,74-55-39-66(40-56-74)86(16,17)18)79-80(102-90(27,28)101-79)94(98-103,75-57-41-67(42-58-75)87(19,20)21)76-59-43-68(44-60-76)88(22,23)24/h29-60,77-80,95-97H,1-28H3. The Morgan fingerprint density at radius 2 is 0.379 bits per heavy atom. The molecule has 12 rings (SSSR count). The maximum Gasteiger partial charge on any atom is 0.164 e. The zero-order valence-corrected chi connectivity index (χ0v) is 68.7. The number of rotatable bonds is 8. The summed E-state index contributed by atoms with van der Waals surface area (Å²) in [5.74, 6) is -2.28. The molecule has 8 nitrogen and oxygen atoms in total. The summed E-state index contributed by atoms with van der Waals surface area (Å²) in [6.07, 6.45) is -3.25. The van der Waals surface area contributed by atoms with E-state index in [-0.39, 0.29) is 43.3 Å². The van der Waals surface area contributed by atoms with Crippen LogP contribution in [-0.4, -0.2) is 36.0 Å². The van der Waals surface area contributed by atoms with Crippen molar-refractivity contribution in [3.63, 3.8) is 0 Å². The molecule has 4 unspecified atom stereocenters. The van der Waals surface area contributed by atoms with Gasteiger partial charge in [-0.2, -0.15) is 0 Å². The van der Waals surface area contributed by atoms with Gasteiger partial charge in [-0.05, 0) is 160 Å². The Hall–Kier alpha value is -6.29. The first-order chi connectivity index (χ1) is 47.4. The first-order valence-corrected chi connectivity index (χ1v) is 39.7. The van der Waals surface area contributed by atoms with Crippen molar-refractivity contribution in [2.45, 2.75) is 295 Å². The van der Waals surface area contributed by atoms with Crippen molar-refractivity contribution in [1.29, 1.82) is 0 Å². The molecular formula is C94H123N4O4P. The summed E-state index contributed by atoms with van der Waals surface area (Å²) >= 11 is 0. The Balaban J connectivity index is 1.40. The number of benzene rings is 8. The zero-order chi connectivity index (χ0) is 75.3. The van der Waals surface area contributed by atoms with E-state index in [2.05, 4.69) is 388 Å². The third kappa shape index (κ3) is 13.9. The van der Waals surface area contributed by atoms with Gasteiger partial charge in [0.2, 0.25) is 0 Å². The van der Waals surface area contributed by atoms with Crippen molar-refractivity contribution in [2.75, 3.05) is 0 Å². The minimum Gasteiger partial charge on any atom is -0.342 e. The Bertz CT molecular complexity index is 4040. The van der Waals surface area contributed by atoms with Crippen LogP contribution in [0.1, 0.15) is 283 Å². The van der Waals surface area contributed by atoms with Crippen LogP contribution in [0.2, 0.25) is 0 Å². The minimum absolute atomic E-state index is 0.170. The number of nitrogens with zero attached hydrogens (tertiary/aromatic N) is 1. The lowest BCUT2D eigenvalue weighted by Crippen LogP contribution is -2.60. The largest absolute Gasteiger partial charge is 0.342 e. The van der Waals surface area contributed by atoms with Crippen molar-refractivity contribution in [2.24, 2.45) is 4.74 Å². The van der Waals surface area contributed by atoms with Crippen LogP contribution < -0.4 is 15.3 Å². The SMILES string of the molecule is CC1(C)OC2C(O1)C(c1ccc(C(C)(C)C)cc1)(c1ccc(C(C)(C)C)cc1)NP1(=NC2(c2ccc(C(C)(C)C)cc2)c2ccc(C(C)(C)C)cc2)NC(c2ccc(C(C)(C)C)cc2)(c2ccc(C(C)(C)C)cc2)C2OC(C)(C)OC2C(c2ccc(C(C)(C)C)cc2)(c2ccc(C(C)(C)C)cc2)N1. The zero-order valence-electron chi connectivity index (χ0n) is 67.8. The molecule has 8 aromatic carbocycles. The van der Waals surface area contributed by atoms with Gasteiger partial charge in [0.15, 0.2) is 19.1 Å². The molecule has 3 fully saturated rings. The molecule has 4 heterocycles. The Labute approximate surface area is 621 Å². The van der Waals surface area contributed by atoms with Gasteiger partial charge in [-0.3, -0.25) is 0 Å². The predicted molar refractivity (Wildman–Crippen MR) is 431 cm³/mol. The molecule has 0 bridgehead atoms. The molecule has 4 aliphatic heterocycles. The van der Waals surface area contributed by atoms with Gasteiger partial charge in [0, 0.05) is 0 Å². The van der Waals surface area contributed by atoms with Crippen molar-refractivity contribution in [1.82, 2.24) is 15.3 Å². The quantitative estimate of drug-likeness (QED) is 0.131. The number of fused-ring (bicyclic) bond motifs is 2. The fourth-order valence-electron chi connectivity index (χ4n) is 16.5. The van der Waals surface area contributed by atoms with Crippen LogP contribution in [0.15, 0.2) is 199 Å². The average molecular weight is 1400 g/mol. The van der Waals surface area contributed by atoms with Gasteiger partial charge in [-0.1, -0.05) is 360 Å². The average Bonchev–Trinajstić information content (AvgIpc) is 1.49. The van der Waals surface area contributed by atoms with Crippen LogP contribution in [0, 0.1) is 0 Å². The van der Waals surface area contributed by atoms with Crippen molar-refractivity contribution < 1.29 is 18.9 Å². The molecular weight excluding hydrogens is 1280 g/mol. The molecule has 3 N–H and O–H groups in total. The van der Waals surface area contributed by atoms with Crippen LogP contribution >= 0.6 is 7.51 Å². The second-order valence-corrected chi connectivity index (χ2v) is 42.0. The van der Waals surface area contributed by atoms with E-state index >= 15 is 0 Å². The molecule has 1 spiro atoms. The lowest BCUT2D eigenvalue weighted by molar-refractivity contribution is -0.156. The summed E-state index contributed by atoms with van der Waals surface area (Å²) < 4.78 is 40.0. The number of hydrogen-bond donors (Lipinski definition) is 3. The molecule has 4 aliphatic rings. The maximum atomic E-state index is 8.17.